The first-order valence-corrected chi connectivity index (χ1v) is 10.5. The molecule has 2 aliphatic rings. The zero-order valence-corrected chi connectivity index (χ0v) is 17.1. The zero-order valence-electron chi connectivity index (χ0n) is 17.1. The van der Waals surface area contributed by atoms with E-state index in [0.29, 0.717) is 19.0 Å². The van der Waals surface area contributed by atoms with E-state index in [4.69, 9.17) is 9.47 Å². The fourth-order valence-corrected chi connectivity index (χ4v) is 3.00. The molecule has 0 atom stereocenters. The maximum atomic E-state index is 5.99. The van der Waals surface area contributed by atoms with E-state index in [1.165, 1.54) is 25.7 Å². The van der Waals surface area contributed by atoms with Crippen molar-refractivity contribution in [1.82, 2.24) is 15.6 Å². The lowest BCUT2D eigenvalue weighted by atomic mass is 10.2. The van der Waals surface area contributed by atoms with E-state index in [1.54, 1.807) is 13.2 Å². The third-order valence-corrected chi connectivity index (χ3v) is 5.24. The van der Waals surface area contributed by atoms with Crippen LogP contribution in [0, 0.1) is 11.8 Å². The summed E-state index contributed by atoms with van der Waals surface area (Å²) in [5.41, 5.74) is 2.25. The quantitative estimate of drug-likeness (QED) is 0.477. The summed E-state index contributed by atoms with van der Waals surface area (Å²) >= 11 is 0. The van der Waals surface area contributed by atoms with Gasteiger partial charge in [-0.05, 0) is 55.2 Å². The number of para-hydroxylation sites is 1. The number of nitrogens with one attached hydrogen (secondary N) is 2. The Morgan fingerprint density at radius 2 is 1.72 bits per heavy atom. The average Bonchev–Trinajstić information content (AvgIpc) is 3.67. The van der Waals surface area contributed by atoms with Crippen molar-refractivity contribution in [2.24, 2.45) is 16.8 Å². The number of aromatic nitrogens is 1. The lowest BCUT2D eigenvalue weighted by molar-refractivity contribution is 0.288. The van der Waals surface area contributed by atoms with Crippen LogP contribution in [0.5, 0.6) is 11.6 Å². The lowest BCUT2D eigenvalue weighted by Gasteiger charge is -2.15. The van der Waals surface area contributed by atoms with Crippen LogP contribution in [0.3, 0.4) is 0 Å². The summed E-state index contributed by atoms with van der Waals surface area (Å²) in [6, 6.07) is 12.2. The van der Waals surface area contributed by atoms with Crippen molar-refractivity contribution >= 4 is 5.96 Å². The number of benzene rings is 1. The van der Waals surface area contributed by atoms with Crippen LogP contribution in [0.15, 0.2) is 47.6 Å². The van der Waals surface area contributed by atoms with Crippen LogP contribution in [-0.4, -0.2) is 31.2 Å². The maximum absolute atomic E-state index is 5.99. The highest BCUT2D eigenvalue weighted by molar-refractivity contribution is 5.79. The van der Waals surface area contributed by atoms with Crippen molar-refractivity contribution in [2.45, 2.75) is 38.8 Å². The Balaban J connectivity index is 1.26. The summed E-state index contributed by atoms with van der Waals surface area (Å²) in [5.74, 6) is 3.86. The van der Waals surface area contributed by atoms with Crippen LogP contribution in [0.4, 0.5) is 0 Å². The fourth-order valence-electron chi connectivity index (χ4n) is 3.00. The number of rotatable bonds is 10. The minimum atomic E-state index is 0.655. The highest BCUT2D eigenvalue weighted by Gasteiger charge is 2.22. The normalized spacial score (nSPS) is 16.4. The van der Waals surface area contributed by atoms with Gasteiger partial charge in [0.15, 0.2) is 5.96 Å². The second-order valence-electron chi connectivity index (χ2n) is 7.90. The molecule has 2 aromatic rings. The van der Waals surface area contributed by atoms with Crippen molar-refractivity contribution < 1.29 is 9.47 Å². The molecule has 0 unspecified atom stereocenters. The third-order valence-electron chi connectivity index (χ3n) is 5.24. The molecule has 2 saturated carbocycles. The monoisotopic (exact) mass is 394 g/mol. The largest absolute Gasteiger partial charge is 0.493 e. The van der Waals surface area contributed by atoms with E-state index < -0.39 is 0 Å². The van der Waals surface area contributed by atoms with E-state index in [2.05, 4.69) is 26.7 Å². The van der Waals surface area contributed by atoms with Crippen molar-refractivity contribution in [3.8, 4) is 11.6 Å². The molecule has 1 aromatic heterocycles. The lowest BCUT2D eigenvalue weighted by Crippen LogP contribution is -2.36. The van der Waals surface area contributed by atoms with Crippen molar-refractivity contribution in [2.75, 3.05) is 20.3 Å². The van der Waals surface area contributed by atoms with Crippen LogP contribution in [0.25, 0.3) is 0 Å². The Hall–Kier alpha value is -2.76. The molecule has 6 heteroatoms. The number of hydrogen-bond acceptors (Lipinski definition) is 4. The molecule has 0 saturated heterocycles. The first-order chi connectivity index (χ1) is 14.3. The highest BCUT2D eigenvalue weighted by atomic mass is 16.5. The van der Waals surface area contributed by atoms with E-state index >= 15 is 0 Å². The van der Waals surface area contributed by atoms with E-state index in [0.717, 1.165) is 47.9 Å². The zero-order chi connectivity index (χ0) is 19.9. The van der Waals surface area contributed by atoms with E-state index in [1.807, 2.05) is 30.3 Å². The number of ether oxygens (including phenoxy) is 2. The van der Waals surface area contributed by atoms with Crippen LogP contribution < -0.4 is 20.1 Å². The van der Waals surface area contributed by atoms with Gasteiger partial charge in [-0.25, -0.2) is 4.98 Å². The molecule has 0 radical (unpaired) electrons. The highest BCUT2D eigenvalue weighted by Crippen LogP contribution is 2.30. The minimum absolute atomic E-state index is 0.655. The summed E-state index contributed by atoms with van der Waals surface area (Å²) in [6.07, 6.45) is 6.93. The topological polar surface area (TPSA) is 67.8 Å². The van der Waals surface area contributed by atoms with E-state index in [-0.39, 0.29) is 0 Å². The molecule has 1 aromatic carbocycles. The summed E-state index contributed by atoms with van der Waals surface area (Å²) in [4.78, 5) is 8.63. The van der Waals surface area contributed by atoms with Gasteiger partial charge in [0.1, 0.15) is 5.75 Å². The Labute approximate surface area is 172 Å². The van der Waals surface area contributed by atoms with Gasteiger partial charge in [-0.1, -0.05) is 18.2 Å². The molecule has 4 rings (SSSR count). The van der Waals surface area contributed by atoms with Crippen LogP contribution >= 0.6 is 0 Å². The van der Waals surface area contributed by atoms with E-state index in [9.17, 15) is 0 Å². The molecule has 154 valence electrons. The SMILES string of the molecule is CN=C(NCc1ccnc(OCC2CC2)c1)NCc1ccccc1OCC1CC1. The van der Waals surface area contributed by atoms with Gasteiger partial charge in [-0.3, -0.25) is 4.99 Å². The predicted octanol–water partition coefficient (Wildman–Crippen LogP) is 3.52. The van der Waals surface area contributed by atoms with Crippen LogP contribution in [0.2, 0.25) is 0 Å². The first kappa shape index (κ1) is 19.6. The molecule has 0 amide bonds. The summed E-state index contributed by atoms with van der Waals surface area (Å²) in [7, 11) is 1.78. The van der Waals surface area contributed by atoms with Crippen molar-refractivity contribution in [3.63, 3.8) is 0 Å². The fraction of sp³-hybridized carbons (Fsp3) is 0.478. The Bertz CT molecular complexity index is 831. The summed E-state index contributed by atoms with van der Waals surface area (Å²) < 4.78 is 11.8. The Kier molecular flexibility index (Phi) is 6.49. The first-order valence-electron chi connectivity index (χ1n) is 10.5. The van der Waals surface area contributed by atoms with Gasteiger partial charge >= 0.3 is 0 Å². The molecule has 6 nitrogen and oxygen atoms in total. The van der Waals surface area contributed by atoms with Crippen LogP contribution in [-0.2, 0) is 13.1 Å². The Morgan fingerprint density at radius 1 is 1.00 bits per heavy atom. The second kappa shape index (κ2) is 9.63. The smallest absolute Gasteiger partial charge is 0.213 e. The minimum Gasteiger partial charge on any atom is -0.493 e. The van der Waals surface area contributed by atoms with Crippen molar-refractivity contribution in [3.05, 3.63) is 53.7 Å². The molecule has 2 N–H and O–H groups in total. The molecule has 0 bridgehead atoms. The van der Waals surface area contributed by atoms with Gasteiger partial charge in [-0.15, -0.1) is 0 Å². The molecule has 2 fully saturated rings. The molecule has 0 spiro atoms. The number of aliphatic imine (C=N–C) groups is 1. The summed E-state index contributed by atoms with van der Waals surface area (Å²) in [6.45, 7) is 2.90. The van der Waals surface area contributed by atoms with Gasteiger partial charge in [0.2, 0.25) is 5.88 Å². The van der Waals surface area contributed by atoms with Gasteiger partial charge < -0.3 is 20.1 Å². The van der Waals surface area contributed by atoms with Gasteiger partial charge in [-0.2, -0.15) is 0 Å². The predicted molar refractivity (Wildman–Crippen MR) is 114 cm³/mol. The average molecular weight is 395 g/mol. The maximum Gasteiger partial charge on any atom is 0.213 e. The summed E-state index contributed by atoms with van der Waals surface area (Å²) in [5, 5.41) is 6.73. The number of hydrogen-bond donors (Lipinski definition) is 2. The molecule has 1 heterocycles. The molecular formula is C23H30N4O2. The Morgan fingerprint density at radius 3 is 2.48 bits per heavy atom. The number of pyridine rings is 1. The third kappa shape index (κ3) is 6.38. The van der Waals surface area contributed by atoms with Gasteiger partial charge in [0.25, 0.3) is 0 Å². The second-order valence-corrected chi connectivity index (χ2v) is 7.90. The van der Waals surface area contributed by atoms with Gasteiger partial charge in [0.05, 0.1) is 13.2 Å². The number of guanidine groups is 1. The molecule has 29 heavy (non-hydrogen) atoms. The number of nitrogens with zero attached hydrogens (tertiary/aromatic N) is 2. The van der Waals surface area contributed by atoms with Crippen LogP contribution in [0.1, 0.15) is 36.8 Å². The standard InChI is InChI=1S/C23H30N4O2/c1-24-23(26-13-19-10-11-25-22(12-19)29-16-18-8-9-18)27-14-20-4-2-3-5-21(20)28-15-17-6-7-17/h2-5,10-12,17-18H,6-9,13-16H2,1H3,(H2,24,26,27). The molecular weight excluding hydrogens is 364 g/mol. The molecule has 0 aliphatic heterocycles. The van der Waals surface area contributed by atoms with Gasteiger partial charge in [0, 0.05) is 38.0 Å². The van der Waals surface area contributed by atoms with Crippen molar-refractivity contribution in [1.29, 1.82) is 0 Å². The molecule has 2 aliphatic carbocycles.